The predicted molar refractivity (Wildman–Crippen MR) is 37.5 cm³/mol. The minimum absolute atomic E-state index is 0.0703. The largest absolute Gasteiger partial charge is 0.245 e. The first kappa shape index (κ1) is 7.69. The first-order chi connectivity index (χ1) is 5.24. The molecule has 1 aromatic rings. The predicted octanol–water partition coefficient (Wildman–Crippen LogP) is -0.0764. The van der Waals surface area contributed by atoms with Crippen LogP contribution in [0, 0.1) is 11.3 Å². The molecule has 0 atom stereocenters. The van der Waals surface area contributed by atoms with Crippen LogP contribution in [-0.4, -0.2) is 13.4 Å². The van der Waals surface area contributed by atoms with E-state index >= 15 is 0 Å². The summed E-state index contributed by atoms with van der Waals surface area (Å²) < 4.78 is 20.7. The molecule has 0 radical (unpaired) electrons. The van der Waals surface area contributed by atoms with E-state index in [2.05, 4.69) is 4.98 Å². The minimum atomic E-state index is -2.68. The third kappa shape index (κ3) is 1.75. The van der Waals surface area contributed by atoms with Crippen LogP contribution in [0.4, 0.5) is 0 Å². The Morgan fingerprint density at radius 3 is 2.82 bits per heavy atom. The number of thiol groups is 1. The Hall–Kier alpha value is -1.41. The highest BCUT2D eigenvalue weighted by atomic mass is 32.2. The van der Waals surface area contributed by atoms with Gasteiger partial charge in [-0.3, -0.25) is 0 Å². The lowest BCUT2D eigenvalue weighted by Gasteiger charge is -1.88. The van der Waals surface area contributed by atoms with Gasteiger partial charge in [0.05, 0.1) is 11.6 Å². The molecule has 0 amide bonds. The fraction of sp³-hybridized carbons (Fsp3) is 0. The molecule has 0 fully saturated rings. The maximum absolute atomic E-state index is 10.3. The molecule has 0 unspecified atom stereocenters. The van der Waals surface area contributed by atoms with Gasteiger partial charge in [0.15, 0.2) is 15.7 Å². The number of hydrogen-bond acceptors (Lipinski definition) is 4. The van der Waals surface area contributed by atoms with E-state index in [0.29, 0.717) is 5.56 Å². The lowest BCUT2D eigenvalue weighted by Crippen LogP contribution is -1.86. The zero-order valence-corrected chi connectivity index (χ0v) is 6.28. The van der Waals surface area contributed by atoms with E-state index in [1.807, 2.05) is 6.07 Å². The summed E-state index contributed by atoms with van der Waals surface area (Å²) in [5.74, 6) is 0. The van der Waals surface area contributed by atoms with Gasteiger partial charge in [-0.25, -0.2) is 13.4 Å². The Kier molecular flexibility index (Phi) is 2.18. The van der Waals surface area contributed by atoms with E-state index in [1.54, 1.807) is 0 Å². The molecule has 1 aromatic heterocycles. The molecule has 4 nitrogen and oxygen atoms in total. The van der Waals surface area contributed by atoms with Gasteiger partial charge in [-0.05, 0) is 12.1 Å². The Balaban J connectivity index is 3.24. The lowest BCUT2D eigenvalue weighted by molar-refractivity contribution is 0.611. The summed E-state index contributed by atoms with van der Waals surface area (Å²) in [6.45, 7) is 0. The summed E-state index contributed by atoms with van der Waals surface area (Å²) in [7, 11) is -2.68. The monoisotopic (exact) mass is 168 g/mol. The van der Waals surface area contributed by atoms with Crippen LogP contribution >= 0.6 is 0 Å². The van der Waals surface area contributed by atoms with E-state index in [0.717, 1.165) is 0 Å². The molecule has 0 aliphatic rings. The van der Waals surface area contributed by atoms with Crippen LogP contribution in [0.15, 0.2) is 23.4 Å². The van der Waals surface area contributed by atoms with Gasteiger partial charge in [-0.2, -0.15) is 5.26 Å². The average Bonchev–Trinajstić information content (AvgIpc) is 2.05. The van der Waals surface area contributed by atoms with Crippen LogP contribution in [-0.2, 0) is 10.7 Å². The number of pyridine rings is 1. The van der Waals surface area contributed by atoms with Crippen molar-refractivity contribution < 1.29 is 8.42 Å². The Labute approximate surface area is 65.1 Å². The van der Waals surface area contributed by atoms with Crippen molar-refractivity contribution in [3.05, 3.63) is 23.9 Å². The van der Waals surface area contributed by atoms with E-state index in [-0.39, 0.29) is 5.03 Å². The summed E-state index contributed by atoms with van der Waals surface area (Å²) >= 11 is 0. The third-order valence-corrected chi connectivity index (χ3v) is 1.68. The quantitative estimate of drug-likeness (QED) is 0.595. The third-order valence-electron chi connectivity index (χ3n) is 1.06. The van der Waals surface area contributed by atoms with Crippen LogP contribution in [0.1, 0.15) is 5.56 Å². The highest BCUT2D eigenvalue weighted by Gasteiger charge is 1.96. The lowest BCUT2D eigenvalue weighted by atomic mass is 10.3. The topological polar surface area (TPSA) is 70.8 Å². The standard InChI is InChI=1S/C6H4N2O2S/c7-4-5-1-2-8-6(3-5)11(9)10/h1-3,11H. The van der Waals surface area contributed by atoms with Crippen molar-refractivity contribution in [1.29, 1.82) is 5.26 Å². The van der Waals surface area contributed by atoms with Gasteiger partial charge in [0, 0.05) is 6.20 Å². The first-order valence-corrected chi connectivity index (χ1v) is 3.92. The second-order valence-corrected chi connectivity index (χ2v) is 2.74. The number of nitrogens with zero attached hydrogens (tertiary/aromatic N) is 2. The van der Waals surface area contributed by atoms with Gasteiger partial charge < -0.3 is 0 Å². The molecular formula is C6H4N2O2S. The number of rotatable bonds is 1. The molecular weight excluding hydrogens is 164 g/mol. The van der Waals surface area contributed by atoms with Crippen molar-refractivity contribution in [1.82, 2.24) is 4.98 Å². The van der Waals surface area contributed by atoms with Gasteiger partial charge >= 0.3 is 0 Å². The number of nitriles is 1. The maximum atomic E-state index is 10.3. The zero-order valence-electron chi connectivity index (χ0n) is 5.39. The van der Waals surface area contributed by atoms with Crippen LogP contribution in [0.5, 0.6) is 0 Å². The van der Waals surface area contributed by atoms with Crippen LogP contribution in [0.3, 0.4) is 0 Å². The van der Waals surface area contributed by atoms with E-state index in [4.69, 9.17) is 5.26 Å². The van der Waals surface area contributed by atoms with Crippen molar-refractivity contribution >= 4 is 10.7 Å². The highest BCUT2D eigenvalue weighted by molar-refractivity contribution is 7.72. The molecule has 0 spiro atoms. The van der Waals surface area contributed by atoms with Gasteiger partial charge in [0.2, 0.25) is 0 Å². The molecule has 0 aliphatic heterocycles. The molecule has 0 aliphatic carbocycles. The van der Waals surface area contributed by atoms with Crippen LogP contribution < -0.4 is 0 Å². The molecule has 0 aromatic carbocycles. The second-order valence-electron chi connectivity index (χ2n) is 1.77. The smallest absolute Gasteiger partial charge is 0.185 e. The Bertz CT molecular complexity index is 370. The number of hydrogen-bond donors (Lipinski definition) is 1. The average molecular weight is 168 g/mol. The van der Waals surface area contributed by atoms with Crippen molar-refractivity contribution in [3.8, 4) is 6.07 Å². The van der Waals surface area contributed by atoms with E-state index < -0.39 is 10.7 Å². The Morgan fingerprint density at radius 1 is 1.55 bits per heavy atom. The van der Waals surface area contributed by atoms with Gasteiger partial charge in [0.25, 0.3) is 0 Å². The summed E-state index contributed by atoms with van der Waals surface area (Å²) in [4.78, 5) is 3.54. The van der Waals surface area contributed by atoms with E-state index in [1.165, 1.54) is 18.3 Å². The summed E-state index contributed by atoms with van der Waals surface area (Å²) in [5.41, 5.74) is 0.300. The van der Waals surface area contributed by atoms with Crippen LogP contribution in [0.25, 0.3) is 0 Å². The fourth-order valence-electron chi connectivity index (χ4n) is 0.588. The molecule has 5 heteroatoms. The fourth-order valence-corrected chi connectivity index (χ4v) is 0.993. The summed E-state index contributed by atoms with van der Waals surface area (Å²) in [5, 5.41) is 8.30. The molecule has 0 bridgehead atoms. The van der Waals surface area contributed by atoms with Crippen molar-refractivity contribution in [2.45, 2.75) is 5.03 Å². The normalized spacial score (nSPS) is 9.45. The second kappa shape index (κ2) is 3.12. The number of aromatic nitrogens is 1. The molecule has 1 rings (SSSR count). The summed E-state index contributed by atoms with van der Waals surface area (Å²) in [6, 6.07) is 4.49. The summed E-state index contributed by atoms with van der Waals surface area (Å²) in [6.07, 6.45) is 1.29. The molecule has 0 saturated heterocycles. The maximum Gasteiger partial charge on any atom is 0.185 e. The molecule has 0 N–H and O–H groups in total. The van der Waals surface area contributed by atoms with E-state index in [9.17, 15) is 8.42 Å². The van der Waals surface area contributed by atoms with Gasteiger partial charge in [0.1, 0.15) is 0 Å². The molecule has 56 valence electrons. The zero-order chi connectivity index (χ0) is 8.27. The van der Waals surface area contributed by atoms with Crippen LogP contribution in [0.2, 0.25) is 0 Å². The van der Waals surface area contributed by atoms with Crippen molar-refractivity contribution in [3.63, 3.8) is 0 Å². The van der Waals surface area contributed by atoms with Crippen molar-refractivity contribution in [2.24, 2.45) is 0 Å². The van der Waals surface area contributed by atoms with Gasteiger partial charge in [-0.15, -0.1) is 0 Å². The minimum Gasteiger partial charge on any atom is -0.245 e. The highest BCUT2D eigenvalue weighted by Crippen LogP contribution is 2.00. The SMILES string of the molecule is N#Cc1ccnc([SH](=O)=O)c1. The first-order valence-electron chi connectivity index (χ1n) is 2.74. The van der Waals surface area contributed by atoms with Gasteiger partial charge in [-0.1, -0.05) is 0 Å². The molecule has 1 heterocycles. The molecule has 11 heavy (non-hydrogen) atoms. The van der Waals surface area contributed by atoms with Crippen molar-refractivity contribution in [2.75, 3.05) is 0 Å². The Morgan fingerprint density at radius 2 is 2.27 bits per heavy atom. The molecule has 0 saturated carbocycles.